The molecule has 0 saturated carbocycles. The third kappa shape index (κ3) is 3.37. The Labute approximate surface area is 153 Å². The van der Waals surface area contributed by atoms with Crippen molar-refractivity contribution >= 4 is 28.7 Å². The second kappa shape index (κ2) is 7.11. The summed E-state index contributed by atoms with van der Waals surface area (Å²) in [5.74, 6) is 0.653. The van der Waals surface area contributed by atoms with Gasteiger partial charge in [0.15, 0.2) is 5.82 Å². The van der Waals surface area contributed by atoms with Crippen LogP contribution in [-0.2, 0) is 4.74 Å². The van der Waals surface area contributed by atoms with Crippen molar-refractivity contribution in [1.82, 2.24) is 9.97 Å². The van der Waals surface area contributed by atoms with Crippen molar-refractivity contribution in [2.24, 2.45) is 0 Å². The molecule has 0 unspecified atom stereocenters. The van der Waals surface area contributed by atoms with Crippen LogP contribution in [-0.4, -0.2) is 42.8 Å². The van der Waals surface area contributed by atoms with Crippen molar-refractivity contribution in [1.29, 1.82) is 0 Å². The normalized spacial score (nSPS) is 17.6. The zero-order valence-corrected chi connectivity index (χ0v) is 14.8. The topological polar surface area (TPSA) is 93.5 Å². The molecule has 2 aliphatic rings. The lowest BCUT2D eigenvalue weighted by molar-refractivity contribution is 0.235. The summed E-state index contributed by atoms with van der Waals surface area (Å²) in [7, 11) is 0. The SMILES string of the molecule is Nc1ncc(N2CCN(c3cccc(C4=COCCC4)c3)CC2)c(N)n1. The van der Waals surface area contributed by atoms with Crippen LogP contribution < -0.4 is 21.3 Å². The molecule has 7 nitrogen and oxygen atoms in total. The Bertz CT molecular complexity index is 813. The van der Waals surface area contributed by atoms with Gasteiger partial charge < -0.3 is 26.0 Å². The van der Waals surface area contributed by atoms with Crippen molar-refractivity contribution in [3.63, 3.8) is 0 Å². The molecule has 0 spiro atoms. The van der Waals surface area contributed by atoms with Crippen molar-refractivity contribution in [3.05, 3.63) is 42.3 Å². The largest absolute Gasteiger partial charge is 0.501 e. The van der Waals surface area contributed by atoms with Crippen LogP contribution in [0.5, 0.6) is 0 Å². The Kier molecular flexibility index (Phi) is 4.51. The fraction of sp³-hybridized carbons (Fsp3) is 0.368. The number of allylic oxidation sites excluding steroid dienone is 1. The lowest BCUT2D eigenvalue weighted by Crippen LogP contribution is -2.46. The maximum Gasteiger partial charge on any atom is 0.222 e. The van der Waals surface area contributed by atoms with Gasteiger partial charge in [0, 0.05) is 31.9 Å². The Morgan fingerprint density at radius 1 is 1.04 bits per heavy atom. The zero-order valence-electron chi connectivity index (χ0n) is 14.8. The smallest absolute Gasteiger partial charge is 0.222 e. The molecule has 0 amide bonds. The number of benzene rings is 1. The quantitative estimate of drug-likeness (QED) is 0.874. The van der Waals surface area contributed by atoms with Gasteiger partial charge in [0.2, 0.25) is 5.95 Å². The summed E-state index contributed by atoms with van der Waals surface area (Å²) < 4.78 is 5.49. The van der Waals surface area contributed by atoms with E-state index in [1.165, 1.54) is 16.8 Å². The third-order valence-corrected chi connectivity index (χ3v) is 4.95. The number of nitrogen functional groups attached to an aromatic ring is 2. The van der Waals surface area contributed by atoms with E-state index in [1.54, 1.807) is 6.20 Å². The summed E-state index contributed by atoms with van der Waals surface area (Å²) in [6.45, 7) is 4.40. The van der Waals surface area contributed by atoms with Gasteiger partial charge in [-0.05, 0) is 36.1 Å². The molecule has 2 aliphatic heterocycles. The highest BCUT2D eigenvalue weighted by Crippen LogP contribution is 2.28. The highest BCUT2D eigenvalue weighted by atomic mass is 16.5. The molecule has 0 atom stereocenters. The van der Waals surface area contributed by atoms with E-state index in [2.05, 4.69) is 44.0 Å². The number of rotatable bonds is 3. The third-order valence-electron chi connectivity index (χ3n) is 4.95. The zero-order chi connectivity index (χ0) is 17.9. The number of piperazine rings is 1. The Morgan fingerprint density at radius 2 is 1.85 bits per heavy atom. The van der Waals surface area contributed by atoms with Crippen LogP contribution in [0.2, 0.25) is 0 Å². The number of aromatic nitrogens is 2. The minimum absolute atomic E-state index is 0.211. The number of nitrogens with two attached hydrogens (primary N) is 2. The minimum Gasteiger partial charge on any atom is -0.501 e. The van der Waals surface area contributed by atoms with E-state index < -0.39 is 0 Å². The molecular weight excluding hydrogens is 328 g/mol. The first-order valence-corrected chi connectivity index (χ1v) is 9.00. The van der Waals surface area contributed by atoms with Crippen molar-refractivity contribution in [3.8, 4) is 0 Å². The van der Waals surface area contributed by atoms with Crippen LogP contribution in [0.3, 0.4) is 0 Å². The summed E-state index contributed by atoms with van der Waals surface area (Å²) in [5.41, 5.74) is 16.2. The van der Waals surface area contributed by atoms with Gasteiger partial charge in [0.05, 0.1) is 24.8 Å². The van der Waals surface area contributed by atoms with Gasteiger partial charge in [-0.15, -0.1) is 0 Å². The summed E-state index contributed by atoms with van der Waals surface area (Å²) >= 11 is 0. The minimum atomic E-state index is 0.211. The summed E-state index contributed by atoms with van der Waals surface area (Å²) in [4.78, 5) is 12.7. The molecule has 0 radical (unpaired) electrons. The molecule has 1 aromatic carbocycles. The highest BCUT2D eigenvalue weighted by Gasteiger charge is 2.20. The lowest BCUT2D eigenvalue weighted by Gasteiger charge is -2.37. The van der Waals surface area contributed by atoms with E-state index in [4.69, 9.17) is 16.2 Å². The van der Waals surface area contributed by atoms with Crippen molar-refractivity contribution in [2.45, 2.75) is 12.8 Å². The first kappa shape index (κ1) is 16.5. The maximum atomic E-state index is 6.00. The van der Waals surface area contributed by atoms with E-state index in [0.717, 1.165) is 51.3 Å². The molecule has 136 valence electrons. The van der Waals surface area contributed by atoms with Crippen LogP contribution >= 0.6 is 0 Å². The molecule has 4 rings (SSSR count). The Hall–Kier alpha value is -2.96. The summed E-state index contributed by atoms with van der Waals surface area (Å²) in [5, 5.41) is 0. The van der Waals surface area contributed by atoms with Crippen LogP contribution in [0, 0.1) is 0 Å². The number of hydrogen-bond donors (Lipinski definition) is 2. The molecule has 26 heavy (non-hydrogen) atoms. The van der Waals surface area contributed by atoms with Gasteiger partial charge >= 0.3 is 0 Å². The Morgan fingerprint density at radius 3 is 2.58 bits per heavy atom. The fourth-order valence-electron chi connectivity index (χ4n) is 3.53. The van der Waals surface area contributed by atoms with Gasteiger partial charge in [0.25, 0.3) is 0 Å². The van der Waals surface area contributed by atoms with Crippen LogP contribution in [0.15, 0.2) is 36.7 Å². The molecule has 1 aromatic heterocycles. The number of anilines is 4. The standard InChI is InChI=1S/C19H24N6O/c20-18-17(12-22-19(21)23-18)25-8-6-24(7-9-25)16-5-1-3-14(11-16)15-4-2-10-26-13-15/h1,3,5,11-13H,2,4,6-10H2,(H4,20,21,22,23). The lowest BCUT2D eigenvalue weighted by atomic mass is 10.0. The second-order valence-corrected chi connectivity index (χ2v) is 6.64. The van der Waals surface area contributed by atoms with Gasteiger partial charge in [0.1, 0.15) is 0 Å². The maximum absolute atomic E-state index is 6.00. The molecular formula is C19H24N6O. The van der Waals surface area contributed by atoms with E-state index in [1.807, 2.05) is 6.26 Å². The van der Waals surface area contributed by atoms with Gasteiger partial charge in [-0.2, -0.15) is 4.98 Å². The average molecular weight is 352 g/mol. The summed E-state index contributed by atoms with van der Waals surface area (Å²) in [6.07, 6.45) is 5.78. The first-order valence-electron chi connectivity index (χ1n) is 9.00. The van der Waals surface area contributed by atoms with Gasteiger partial charge in [-0.1, -0.05) is 12.1 Å². The van der Waals surface area contributed by atoms with Crippen LogP contribution in [0.4, 0.5) is 23.1 Å². The predicted molar refractivity (Wildman–Crippen MR) is 105 cm³/mol. The monoisotopic (exact) mass is 352 g/mol. The fourth-order valence-corrected chi connectivity index (χ4v) is 3.53. The van der Waals surface area contributed by atoms with Crippen molar-refractivity contribution in [2.75, 3.05) is 54.1 Å². The van der Waals surface area contributed by atoms with Gasteiger partial charge in [-0.25, -0.2) is 4.98 Å². The van der Waals surface area contributed by atoms with E-state index in [9.17, 15) is 0 Å². The molecule has 4 N–H and O–H groups in total. The molecule has 2 aromatic rings. The van der Waals surface area contributed by atoms with Gasteiger partial charge in [-0.3, -0.25) is 0 Å². The van der Waals surface area contributed by atoms with Crippen LogP contribution in [0.25, 0.3) is 5.57 Å². The number of hydrogen-bond acceptors (Lipinski definition) is 7. The van der Waals surface area contributed by atoms with E-state index in [0.29, 0.717) is 5.82 Å². The molecule has 0 aliphatic carbocycles. The van der Waals surface area contributed by atoms with Crippen LogP contribution in [0.1, 0.15) is 18.4 Å². The molecule has 1 saturated heterocycles. The molecule has 3 heterocycles. The Balaban J connectivity index is 1.45. The highest BCUT2D eigenvalue weighted by molar-refractivity contribution is 5.69. The van der Waals surface area contributed by atoms with E-state index >= 15 is 0 Å². The second-order valence-electron chi connectivity index (χ2n) is 6.64. The van der Waals surface area contributed by atoms with Crippen molar-refractivity contribution < 1.29 is 4.74 Å². The number of ether oxygens (including phenoxy) is 1. The molecule has 1 fully saturated rings. The number of nitrogens with zero attached hydrogens (tertiary/aromatic N) is 4. The van der Waals surface area contributed by atoms with E-state index in [-0.39, 0.29) is 5.95 Å². The summed E-state index contributed by atoms with van der Waals surface area (Å²) in [6, 6.07) is 8.71. The molecule has 7 heteroatoms. The molecule has 0 bridgehead atoms. The average Bonchev–Trinajstić information content (AvgIpc) is 2.69. The first-order chi connectivity index (χ1) is 12.7. The predicted octanol–water partition coefficient (Wildman–Crippen LogP) is 2.12.